The summed E-state index contributed by atoms with van der Waals surface area (Å²) in [7, 11) is 1.53. The van der Waals surface area contributed by atoms with Gasteiger partial charge in [-0.15, -0.1) is 11.6 Å². The summed E-state index contributed by atoms with van der Waals surface area (Å²) in [6, 6.07) is 4.58. The molecular formula is C15H18ClNO4. The van der Waals surface area contributed by atoms with Crippen molar-refractivity contribution in [2.75, 3.05) is 7.11 Å². The number of nitrogens with zero attached hydrogens (tertiary/aromatic N) is 1. The Morgan fingerprint density at radius 3 is 2.67 bits per heavy atom. The van der Waals surface area contributed by atoms with Crippen LogP contribution in [-0.4, -0.2) is 23.5 Å². The van der Waals surface area contributed by atoms with Gasteiger partial charge in [-0.2, -0.15) is 0 Å². The molecule has 0 bridgehead atoms. The van der Waals surface area contributed by atoms with Crippen LogP contribution in [0.3, 0.4) is 0 Å². The van der Waals surface area contributed by atoms with E-state index >= 15 is 0 Å². The smallest absolute Gasteiger partial charge is 0.311 e. The van der Waals surface area contributed by atoms with E-state index in [1.807, 2.05) is 0 Å². The Morgan fingerprint density at radius 1 is 1.38 bits per heavy atom. The summed E-state index contributed by atoms with van der Waals surface area (Å²) in [5.74, 6) is 0.831. The van der Waals surface area contributed by atoms with Gasteiger partial charge in [0.15, 0.2) is 0 Å². The molecule has 1 aromatic carbocycles. The lowest BCUT2D eigenvalue weighted by Crippen LogP contribution is -2.55. The highest BCUT2D eigenvalue weighted by molar-refractivity contribution is 6.21. The van der Waals surface area contributed by atoms with E-state index in [0.29, 0.717) is 5.75 Å². The fourth-order valence-electron chi connectivity index (χ4n) is 3.55. The van der Waals surface area contributed by atoms with Crippen molar-refractivity contribution in [2.24, 2.45) is 5.41 Å². The molecule has 1 spiro atoms. The Hall–Kier alpha value is -1.49. The molecule has 114 valence electrons. The van der Waals surface area contributed by atoms with E-state index in [4.69, 9.17) is 21.1 Å². The maximum Gasteiger partial charge on any atom is 0.311 e. The zero-order valence-corrected chi connectivity index (χ0v) is 12.6. The van der Waals surface area contributed by atoms with Gasteiger partial charge in [-0.05, 0) is 18.9 Å². The van der Waals surface area contributed by atoms with Gasteiger partial charge in [-0.25, -0.2) is 0 Å². The molecular weight excluding hydrogens is 294 g/mol. The Kier molecular flexibility index (Phi) is 3.69. The minimum Gasteiger partial charge on any atom is -0.497 e. The molecule has 0 heterocycles. The molecule has 2 saturated carbocycles. The van der Waals surface area contributed by atoms with Crippen LogP contribution in [0.1, 0.15) is 32.1 Å². The van der Waals surface area contributed by atoms with E-state index < -0.39 is 4.92 Å². The van der Waals surface area contributed by atoms with Crippen LogP contribution in [0.4, 0.5) is 5.69 Å². The molecule has 2 aliphatic rings. The van der Waals surface area contributed by atoms with Crippen molar-refractivity contribution in [1.29, 1.82) is 0 Å². The summed E-state index contributed by atoms with van der Waals surface area (Å²) < 4.78 is 11.1. The van der Waals surface area contributed by atoms with Crippen molar-refractivity contribution < 1.29 is 14.4 Å². The Morgan fingerprint density at radius 2 is 2.10 bits per heavy atom. The number of nitro benzene ring substituents is 1. The first-order valence-electron chi connectivity index (χ1n) is 7.20. The third-order valence-corrected chi connectivity index (χ3v) is 5.47. The highest BCUT2D eigenvalue weighted by atomic mass is 35.5. The lowest BCUT2D eigenvalue weighted by atomic mass is 9.64. The van der Waals surface area contributed by atoms with Crippen LogP contribution in [0.5, 0.6) is 11.5 Å². The summed E-state index contributed by atoms with van der Waals surface area (Å²) in [6.45, 7) is 0. The van der Waals surface area contributed by atoms with Crippen LogP contribution in [-0.2, 0) is 0 Å². The second-order valence-electron chi connectivity index (χ2n) is 5.84. The van der Waals surface area contributed by atoms with Crippen molar-refractivity contribution in [3.8, 4) is 11.5 Å². The van der Waals surface area contributed by atoms with Gasteiger partial charge in [-0.3, -0.25) is 10.1 Å². The third-order valence-electron chi connectivity index (χ3n) is 4.85. The average molecular weight is 312 g/mol. The largest absolute Gasteiger partial charge is 0.497 e. The number of halogens is 1. The van der Waals surface area contributed by atoms with E-state index in [1.165, 1.54) is 13.2 Å². The number of methoxy groups -OCH3 is 1. The maximum absolute atomic E-state index is 11.1. The fourth-order valence-corrected chi connectivity index (χ4v) is 4.07. The van der Waals surface area contributed by atoms with Crippen molar-refractivity contribution in [3.63, 3.8) is 0 Å². The molecule has 5 nitrogen and oxygen atoms in total. The number of hydrogen-bond acceptors (Lipinski definition) is 4. The number of hydrogen-bond donors (Lipinski definition) is 0. The second-order valence-corrected chi connectivity index (χ2v) is 6.37. The van der Waals surface area contributed by atoms with Crippen molar-refractivity contribution >= 4 is 17.3 Å². The van der Waals surface area contributed by atoms with Crippen LogP contribution in [0.15, 0.2) is 18.2 Å². The fraction of sp³-hybridized carbons (Fsp3) is 0.600. The van der Waals surface area contributed by atoms with Gasteiger partial charge in [0.05, 0.1) is 12.0 Å². The van der Waals surface area contributed by atoms with E-state index in [0.717, 1.165) is 32.1 Å². The SMILES string of the molecule is COc1ccc([N+](=O)[O-])c(OC2CC(Cl)C23CCCC3)c1. The molecule has 1 aromatic rings. The standard InChI is InChI=1S/C15H18ClNO4/c1-20-10-4-5-11(17(18)19)12(8-10)21-14-9-13(16)15(14)6-2-3-7-15/h4-5,8,13-14H,2-3,6-7,9H2,1H3. The van der Waals surface area contributed by atoms with Crippen molar-refractivity contribution in [2.45, 2.75) is 43.6 Å². The lowest BCUT2D eigenvalue weighted by molar-refractivity contribution is -0.386. The summed E-state index contributed by atoms with van der Waals surface area (Å²) in [4.78, 5) is 10.7. The molecule has 0 radical (unpaired) electrons. The Bertz CT molecular complexity index is 557. The first kappa shape index (κ1) is 14.4. The molecule has 0 N–H and O–H groups in total. The molecule has 0 aromatic heterocycles. The molecule has 2 atom stereocenters. The lowest BCUT2D eigenvalue weighted by Gasteiger charge is -2.50. The van der Waals surface area contributed by atoms with Gasteiger partial charge in [0.1, 0.15) is 11.9 Å². The van der Waals surface area contributed by atoms with Gasteiger partial charge in [0.2, 0.25) is 5.75 Å². The average Bonchev–Trinajstić information content (AvgIpc) is 2.99. The van der Waals surface area contributed by atoms with Crippen LogP contribution < -0.4 is 9.47 Å². The molecule has 2 unspecified atom stereocenters. The van der Waals surface area contributed by atoms with Crippen molar-refractivity contribution in [1.82, 2.24) is 0 Å². The predicted octanol–water partition coefficient (Wildman–Crippen LogP) is 3.92. The van der Waals surface area contributed by atoms with E-state index in [-0.39, 0.29) is 28.3 Å². The normalized spacial score (nSPS) is 26.4. The molecule has 0 aliphatic heterocycles. The molecule has 3 rings (SSSR count). The van der Waals surface area contributed by atoms with E-state index in [9.17, 15) is 10.1 Å². The number of alkyl halides is 1. The minimum absolute atomic E-state index is 0.00149. The highest BCUT2D eigenvalue weighted by Crippen LogP contribution is 2.57. The molecule has 2 fully saturated rings. The van der Waals surface area contributed by atoms with Crippen LogP contribution in [0, 0.1) is 15.5 Å². The summed E-state index contributed by atoms with van der Waals surface area (Å²) >= 11 is 6.40. The molecule has 0 saturated heterocycles. The third kappa shape index (κ3) is 2.33. The zero-order chi connectivity index (χ0) is 15.0. The van der Waals surface area contributed by atoms with Gasteiger partial charge in [0, 0.05) is 29.3 Å². The molecule has 6 heteroatoms. The minimum atomic E-state index is -0.424. The Balaban J connectivity index is 1.86. The van der Waals surface area contributed by atoms with E-state index in [2.05, 4.69) is 0 Å². The molecule has 21 heavy (non-hydrogen) atoms. The number of rotatable bonds is 4. The Labute approximate surface area is 128 Å². The number of nitro groups is 1. The summed E-state index contributed by atoms with van der Waals surface area (Å²) in [5.41, 5.74) is -0.0274. The topological polar surface area (TPSA) is 61.6 Å². The first-order chi connectivity index (χ1) is 10.1. The summed E-state index contributed by atoms with van der Waals surface area (Å²) in [5, 5.41) is 11.3. The molecule has 0 amide bonds. The van der Waals surface area contributed by atoms with Gasteiger partial charge in [0.25, 0.3) is 0 Å². The molecule has 2 aliphatic carbocycles. The maximum atomic E-state index is 11.1. The van der Waals surface area contributed by atoms with Crippen LogP contribution in [0.2, 0.25) is 0 Å². The zero-order valence-electron chi connectivity index (χ0n) is 11.9. The second kappa shape index (κ2) is 5.37. The number of ether oxygens (including phenoxy) is 2. The van der Waals surface area contributed by atoms with Gasteiger partial charge < -0.3 is 9.47 Å². The van der Waals surface area contributed by atoms with Crippen molar-refractivity contribution in [3.05, 3.63) is 28.3 Å². The number of benzene rings is 1. The monoisotopic (exact) mass is 311 g/mol. The predicted molar refractivity (Wildman–Crippen MR) is 79.2 cm³/mol. The van der Waals surface area contributed by atoms with Crippen LogP contribution in [0.25, 0.3) is 0 Å². The quantitative estimate of drug-likeness (QED) is 0.480. The highest BCUT2D eigenvalue weighted by Gasteiger charge is 2.57. The first-order valence-corrected chi connectivity index (χ1v) is 7.63. The summed E-state index contributed by atoms with van der Waals surface area (Å²) in [6.07, 6.45) is 5.11. The van der Waals surface area contributed by atoms with Crippen LogP contribution >= 0.6 is 11.6 Å². The van der Waals surface area contributed by atoms with Gasteiger partial charge in [-0.1, -0.05) is 12.8 Å². The van der Waals surface area contributed by atoms with Gasteiger partial charge >= 0.3 is 5.69 Å². The van der Waals surface area contributed by atoms with E-state index in [1.54, 1.807) is 12.1 Å².